The molecule has 1 fully saturated rings. The van der Waals surface area contributed by atoms with Crippen LogP contribution >= 0.6 is 0 Å². The van der Waals surface area contributed by atoms with Crippen molar-refractivity contribution in [2.75, 3.05) is 33.3 Å². The minimum absolute atomic E-state index is 0.0566. The van der Waals surface area contributed by atoms with Crippen LogP contribution in [0.25, 0.3) is 0 Å². The lowest BCUT2D eigenvalue weighted by Crippen LogP contribution is -2.64. The van der Waals surface area contributed by atoms with Crippen molar-refractivity contribution >= 4 is 17.6 Å². The van der Waals surface area contributed by atoms with E-state index in [0.717, 1.165) is 108 Å². The van der Waals surface area contributed by atoms with Gasteiger partial charge in [-0.3, -0.25) is 10.2 Å². The maximum atomic E-state index is 6.32. The quantitative estimate of drug-likeness (QED) is 0.106. The molecule has 1 heterocycles. The van der Waals surface area contributed by atoms with Crippen molar-refractivity contribution in [1.29, 1.82) is 0 Å². The van der Waals surface area contributed by atoms with Gasteiger partial charge in [0.15, 0.2) is 0 Å². The highest BCUT2D eigenvalue weighted by Crippen LogP contribution is 2.40. The average molecular weight is 592 g/mol. The van der Waals surface area contributed by atoms with Gasteiger partial charge in [-0.2, -0.15) is 10.1 Å². The number of hydrogen-bond acceptors (Lipinski definition) is 4. The van der Waals surface area contributed by atoms with Crippen molar-refractivity contribution < 1.29 is 4.84 Å². The molecule has 0 aromatic rings. The molecule has 0 spiro atoms. The van der Waals surface area contributed by atoms with Crippen LogP contribution in [-0.2, 0) is 4.84 Å². The molecule has 0 amide bonds. The molecule has 0 aromatic carbocycles. The first-order valence-electron chi connectivity index (χ1n) is 17.2. The van der Waals surface area contributed by atoms with E-state index in [1.165, 1.54) is 6.42 Å². The lowest BCUT2D eigenvalue weighted by Gasteiger charge is -2.55. The van der Waals surface area contributed by atoms with Gasteiger partial charge in [0.05, 0.1) is 6.61 Å². The predicted molar refractivity (Wildman–Crippen MR) is 184 cm³/mol. The Kier molecular flexibility index (Phi) is 18.1. The second-order valence-corrected chi connectivity index (χ2v) is 13.6. The molecule has 246 valence electrons. The molecule has 1 aliphatic rings. The summed E-state index contributed by atoms with van der Waals surface area (Å²) in [7, 11) is 2.17. The first kappa shape index (κ1) is 38.5. The summed E-state index contributed by atoms with van der Waals surface area (Å²) in [6, 6.07) is 0.272. The third-order valence-corrected chi connectivity index (χ3v) is 7.97. The monoisotopic (exact) mass is 592 g/mol. The first-order chi connectivity index (χ1) is 19.9. The van der Waals surface area contributed by atoms with E-state index in [4.69, 9.17) is 19.8 Å². The number of guanidine groups is 2. The molecule has 1 N–H and O–H groups in total. The molecule has 1 atom stereocenters. The molecule has 1 saturated heterocycles. The molecule has 0 bridgehead atoms. The highest BCUT2D eigenvalue weighted by atomic mass is 16.7. The fraction of sp³-hybridized carbons (Fsp3) is 0.912. The lowest BCUT2D eigenvalue weighted by atomic mass is 9.78. The van der Waals surface area contributed by atoms with Gasteiger partial charge in [-0.1, -0.05) is 60.3 Å². The maximum Gasteiger partial charge on any atom is 0.228 e. The zero-order valence-electron chi connectivity index (χ0n) is 29.9. The normalized spacial score (nSPS) is 18.7. The summed E-state index contributed by atoms with van der Waals surface area (Å²) in [5, 5.41) is 5.97. The largest absolute Gasteiger partial charge is 0.341 e. The zero-order valence-corrected chi connectivity index (χ0v) is 29.9. The molecule has 1 rings (SSSR count). The van der Waals surface area contributed by atoms with Crippen LogP contribution in [0.5, 0.6) is 0 Å². The summed E-state index contributed by atoms with van der Waals surface area (Å²) in [5.74, 6) is 1.59. The predicted octanol–water partition coefficient (Wildman–Crippen LogP) is 7.89. The van der Waals surface area contributed by atoms with Crippen molar-refractivity contribution in [3.05, 3.63) is 0 Å². The Hall–Kier alpha value is -1.51. The minimum atomic E-state index is -0.118. The zero-order chi connectivity index (χ0) is 31.8. The van der Waals surface area contributed by atoms with E-state index in [-0.39, 0.29) is 23.3 Å². The standard InChI is InChI=1S/C34H69N7O/c1-13-18-22-35-30(21-16-4)37-32(40(23-19-14-2)24-20-15-3)38-31(36-28(6)7)39(12)29-26-33(8,9)41(42-25-17-5)34(10,11)27-29/h29-30,35H,13-27H2,1-12H3. The van der Waals surface area contributed by atoms with Gasteiger partial charge in [-0.25, -0.2) is 9.98 Å². The van der Waals surface area contributed by atoms with Crippen LogP contribution in [0.15, 0.2) is 15.0 Å². The second kappa shape index (κ2) is 19.7. The Labute approximate surface area is 260 Å². The van der Waals surface area contributed by atoms with Gasteiger partial charge in [0.1, 0.15) is 6.17 Å². The van der Waals surface area contributed by atoms with Gasteiger partial charge >= 0.3 is 0 Å². The number of unbranched alkanes of at least 4 members (excludes halogenated alkanes) is 3. The number of nitrogens with one attached hydrogen (secondary N) is 1. The van der Waals surface area contributed by atoms with E-state index in [1.807, 2.05) is 0 Å². The number of rotatable bonds is 17. The average Bonchev–Trinajstić information content (AvgIpc) is 2.90. The molecule has 0 aliphatic carbocycles. The topological polar surface area (TPSA) is 68.1 Å². The summed E-state index contributed by atoms with van der Waals surface area (Å²) in [4.78, 5) is 26.8. The number of hydroxylamine groups is 2. The molecule has 1 unspecified atom stereocenters. The summed E-state index contributed by atoms with van der Waals surface area (Å²) in [6.45, 7) is 28.2. The Morgan fingerprint density at radius 3 is 1.88 bits per heavy atom. The van der Waals surface area contributed by atoms with E-state index in [2.05, 4.69) is 103 Å². The molecule has 1 aliphatic heterocycles. The lowest BCUT2D eigenvalue weighted by molar-refractivity contribution is -0.286. The molecule has 0 aromatic heterocycles. The molecular formula is C34H69N7O. The van der Waals surface area contributed by atoms with Gasteiger partial charge in [-0.15, -0.1) is 0 Å². The summed E-state index contributed by atoms with van der Waals surface area (Å²) in [5.41, 5.74) is 0.765. The smallest absolute Gasteiger partial charge is 0.228 e. The SMILES string of the molecule is CCCCNC(CCC)N=C(N=C(N=C(C)C)N(C)C1CC(C)(C)N(OCCC)C(C)(C)C1)N(CCCC)CCCC. The fourth-order valence-electron chi connectivity index (χ4n) is 5.91. The van der Waals surface area contributed by atoms with E-state index in [1.54, 1.807) is 0 Å². The van der Waals surface area contributed by atoms with Gasteiger partial charge in [0, 0.05) is 43.0 Å². The summed E-state index contributed by atoms with van der Waals surface area (Å²) in [6.07, 6.45) is 11.9. The van der Waals surface area contributed by atoms with Crippen LogP contribution in [0.3, 0.4) is 0 Å². The fourth-order valence-corrected chi connectivity index (χ4v) is 5.91. The Balaban J connectivity index is 3.61. The van der Waals surface area contributed by atoms with Crippen LogP contribution in [0.2, 0.25) is 0 Å². The van der Waals surface area contributed by atoms with E-state index >= 15 is 0 Å². The van der Waals surface area contributed by atoms with E-state index in [0.29, 0.717) is 0 Å². The summed E-state index contributed by atoms with van der Waals surface area (Å²) >= 11 is 0. The summed E-state index contributed by atoms with van der Waals surface area (Å²) < 4.78 is 0. The van der Waals surface area contributed by atoms with Crippen molar-refractivity contribution in [2.24, 2.45) is 15.0 Å². The van der Waals surface area contributed by atoms with Crippen molar-refractivity contribution in [2.45, 2.75) is 170 Å². The van der Waals surface area contributed by atoms with Crippen molar-refractivity contribution in [3.8, 4) is 0 Å². The van der Waals surface area contributed by atoms with Gasteiger partial charge in [0.25, 0.3) is 0 Å². The van der Waals surface area contributed by atoms with Crippen LogP contribution < -0.4 is 5.32 Å². The molecule has 0 saturated carbocycles. The van der Waals surface area contributed by atoms with Gasteiger partial charge in [-0.05, 0) is 93.0 Å². The molecule has 8 nitrogen and oxygen atoms in total. The number of aliphatic imine (C=N–C) groups is 3. The van der Waals surface area contributed by atoms with Crippen LogP contribution in [0.4, 0.5) is 0 Å². The third kappa shape index (κ3) is 13.0. The number of hydrogen-bond donors (Lipinski definition) is 1. The third-order valence-electron chi connectivity index (χ3n) is 7.97. The highest BCUT2D eigenvalue weighted by Gasteiger charge is 2.48. The van der Waals surface area contributed by atoms with Crippen LogP contribution in [0.1, 0.15) is 147 Å². The van der Waals surface area contributed by atoms with Crippen LogP contribution in [-0.4, -0.2) is 89.1 Å². The molecule has 8 heteroatoms. The molecular weight excluding hydrogens is 522 g/mol. The van der Waals surface area contributed by atoms with Crippen molar-refractivity contribution in [1.82, 2.24) is 20.2 Å². The maximum absolute atomic E-state index is 6.32. The Bertz CT molecular complexity index is 806. The number of piperidine rings is 1. The highest BCUT2D eigenvalue weighted by molar-refractivity contribution is 6.01. The molecule has 42 heavy (non-hydrogen) atoms. The van der Waals surface area contributed by atoms with Gasteiger partial charge < -0.3 is 9.80 Å². The van der Waals surface area contributed by atoms with Gasteiger partial charge in [0.2, 0.25) is 11.9 Å². The Morgan fingerprint density at radius 2 is 1.40 bits per heavy atom. The Morgan fingerprint density at radius 1 is 0.833 bits per heavy atom. The minimum Gasteiger partial charge on any atom is -0.341 e. The van der Waals surface area contributed by atoms with Crippen LogP contribution in [0, 0.1) is 0 Å². The molecule has 0 radical (unpaired) electrons. The van der Waals surface area contributed by atoms with E-state index < -0.39 is 0 Å². The van der Waals surface area contributed by atoms with E-state index in [9.17, 15) is 0 Å². The first-order valence-corrected chi connectivity index (χ1v) is 17.2. The van der Waals surface area contributed by atoms with Crippen molar-refractivity contribution in [3.63, 3.8) is 0 Å². The second-order valence-electron chi connectivity index (χ2n) is 13.6. The number of nitrogens with zero attached hydrogens (tertiary/aromatic N) is 6.